The van der Waals surface area contributed by atoms with Crippen LogP contribution in [0.25, 0.3) is 0 Å². The van der Waals surface area contributed by atoms with Crippen LogP contribution in [0.1, 0.15) is 46.5 Å². The predicted octanol–water partition coefficient (Wildman–Crippen LogP) is 1.38. The summed E-state index contributed by atoms with van der Waals surface area (Å²) in [5, 5.41) is 15.6. The molecule has 0 aromatic carbocycles. The molecule has 0 spiro atoms. The van der Waals surface area contributed by atoms with Gasteiger partial charge in [-0.15, -0.1) is 0 Å². The third-order valence-electron chi connectivity index (χ3n) is 4.54. The van der Waals surface area contributed by atoms with Crippen molar-refractivity contribution in [1.29, 1.82) is 0 Å². The van der Waals surface area contributed by atoms with Crippen LogP contribution in [0.2, 0.25) is 0 Å². The van der Waals surface area contributed by atoms with Crippen molar-refractivity contribution in [2.45, 2.75) is 58.0 Å². The number of carboxylic acid groups (broad SMARTS) is 1. The quantitative estimate of drug-likeness (QED) is 0.712. The minimum absolute atomic E-state index is 0.00366. The molecule has 4 unspecified atom stereocenters. The van der Waals surface area contributed by atoms with Gasteiger partial charge in [0, 0.05) is 24.5 Å². The molecule has 2 rings (SSSR count). The third kappa shape index (κ3) is 3.51. The van der Waals surface area contributed by atoms with Crippen LogP contribution in [0.3, 0.4) is 0 Å². The van der Waals surface area contributed by atoms with Gasteiger partial charge in [0.1, 0.15) is 0 Å². The van der Waals surface area contributed by atoms with Crippen molar-refractivity contribution >= 4 is 11.9 Å². The number of nitrogens with one attached hydrogen (secondary N) is 2. The number of rotatable bonds is 5. The molecule has 1 amide bonds. The number of hydrogen-bond acceptors (Lipinski definition) is 3. The van der Waals surface area contributed by atoms with E-state index in [0.717, 1.165) is 19.3 Å². The maximum absolute atomic E-state index is 12.0. The van der Waals surface area contributed by atoms with E-state index in [2.05, 4.69) is 31.4 Å². The zero-order valence-electron chi connectivity index (χ0n) is 12.6. The van der Waals surface area contributed by atoms with Crippen molar-refractivity contribution in [2.75, 3.05) is 6.54 Å². The Hall–Kier alpha value is -1.10. The second-order valence-corrected chi connectivity index (χ2v) is 7.22. The number of amides is 1. The Morgan fingerprint density at radius 2 is 1.85 bits per heavy atom. The van der Waals surface area contributed by atoms with Crippen LogP contribution in [0.4, 0.5) is 0 Å². The Labute approximate surface area is 120 Å². The second kappa shape index (κ2) is 5.72. The van der Waals surface area contributed by atoms with Crippen molar-refractivity contribution < 1.29 is 14.7 Å². The van der Waals surface area contributed by atoms with Crippen LogP contribution in [0, 0.1) is 17.8 Å². The molecule has 2 bridgehead atoms. The van der Waals surface area contributed by atoms with E-state index >= 15 is 0 Å². The highest BCUT2D eigenvalue weighted by atomic mass is 16.4. The van der Waals surface area contributed by atoms with Crippen molar-refractivity contribution in [2.24, 2.45) is 17.8 Å². The predicted molar refractivity (Wildman–Crippen MR) is 76.3 cm³/mol. The van der Waals surface area contributed by atoms with Crippen LogP contribution in [-0.2, 0) is 9.59 Å². The first-order valence-electron chi connectivity index (χ1n) is 7.55. The molecule has 0 aromatic heterocycles. The SMILES string of the molecule is CC(C)(C)NCCC(=O)NC1C2CCC(C2)C1C(=O)O. The minimum atomic E-state index is -0.754. The molecule has 3 N–H and O–H groups in total. The Kier molecular flexibility index (Phi) is 4.37. The Morgan fingerprint density at radius 3 is 2.45 bits per heavy atom. The molecule has 114 valence electrons. The summed E-state index contributed by atoms with van der Waals surface area (Å²) in [5.74, 6) is -0.551. The molecule has 0 saturated heterocycles. The fraction of sp³-hybridized carbons (Fsp3) is 0.867. The number of carbonyl (C=O) groups excluding carboxylic acids is 1. The summed E-state index contributed by atoms with van der Waals surface area (Å²) < 4.78 is 0. The zero-order valence-corrected chi connectivity index (χ0v) is 12.6. The topological polar surface area (TPSA) is 78.4 Å². The average molecular weight is 282 g/mol. The van der Waals surface area contributed by atoms with E-state index in [1.807, 2.05) is 0 Å². The molecule has 0 radical (unpaired) electrons. The van der Waals surface area contributed by atoms with Gasteiger partial charge in [-0.05, 0) is 51.9 Å². The van der Waals surface area contributed by atoms with Gasteiger partial charge in [-0.2, -0.15) is 0 Å². The largest absolute Gasteiger partial charge is 0.481 e. The van der Waals surface area contributed by atoms with Gasteiger partial charge in [0.2, 0.25) is 5.91 Å². The summed E-state index contributed by atoms with van der Waals surface area (Å²) in [6.45, 7) is 6.79. The smallest absolute Gasteiger partial charge is 0.308 e. The highest BCUT2D eigenvalue weighted by molar-refractivity contribution is 5.79. The van der Waals surface area contributed by atoms with Crippen LogP contribution < -0.4 is 10.6 Å². The van der Waals surface area contributed by atoms with Gasteiger partial charge in [-0.25, -0.2) is 0 Å². The third-order valence-corrected chi connectivity index (χ3v) is 4.54. The van der Waals surface area contributed by atoms with Gasteiger partial charge in [-0.3, -0.25) is 9.59 Å². The highest BCUT2D eigenvalue weighted by Crippen LogP contribution is 2.48. The van der Waals surface area contributed by atoms with E-state index in [4.69, 9.17) is 0 Å². The number of carbonyl (C=O) groups is 2. The lowest BCUT2D eigenvalue weighted by atomic mass is 9.84. The monoisotopic (exact) mass is 282 g/mol. The average Bonchev–Trinajstić information content (AvgIpc) is 2.86. The van der Waals surface area contributed by atoms with Gasteiger partial charge < -0.3 is 15.7 Å². The van der Waals surface area contributed by atoms with Crippen molar-refractivity contribution in [3.8, 4) is 0 Å². The fourth-order valence-corrected chi connectivity index (χ4v) is 3.66. The van der Waals surface area contributed by atoms with E-state index in [-0.39, 0.29) is 29.3 Å². The summed E-state index contributed by atoms with van der Waals surface area (Å²) in [7, 11) is 0. The molecule has 20 heavy (non-hydrogen) atoms. The lowest BCUT2D eigenvalue weighted by Crippen LogP contribution is -2.47. The summed E-state index contributed by atoms with van der Waals surface area (Å²) in [6.07, 6.45) is 3.42. The summed E-state index contributed by atoms with van der Waals surface area (Å²) in [4.78, 5) is 23.4. The van der Waals surface area contributed by atoms with E-state index in [0.29, 0.717) is 18.9 Å². The summed E-state index contributed by atoms with van der Waals surface area (Å²) >= 11 is 0. The van der Waals surface area contributed by atoms with Crippen molar-refractivity contribution in [1.82, 2.24) is 10.6 Å². The molecular weight excluding hydrogens is 256 g/mol. The Balaban J connectivity index is 1.83. The molecule has 0 aromatic rings. The number of fused-ring (bicyclic) bond motifs is 2. The molecule has 5 heteroatoms. The lowest BCUT2D eigenvalue weighted by Gasteiger charge is -2.29. The number of aliphatic carboxylic acids is 1. The molecule has 2 aliphatic rings. The normalized spacial score (nSPS) is 32.4. The van der Waals surface area contributed by atoms with E-state index in [9.17, 15) is 14.7 Å². The molecule has 2 fully saturated rings. The fourth-order valence-electron chi connectivity index (χ4n) is 3.66. The summed E-state index contributed by atoms with van der Waals surface area (Å²) in [5.41, 5.74) is -0.00366. The molecule has 0 aliphatic heterocycles. The minimum Gasteiger partial charge on any atom is -0.481 e. The van der Waals surface area contributed by atoms with Crippen LogP contribution in [-0.4, -0.2) is 35.1 Å². The van der Waals surface area contributed by atoms with Gasteiger partial charge in [-0.1, -0.05) is 0 Å². The van der Waals surface area contributed by atoms with Gasteiger partial charge >= 0.3 is 5.97 Å². The molecule has 0 heterocycles. The number of carboxylic acids is 1. The van der Waals surface area contributed by atoms with Crippen molar-refractivity contribution in [3.05, 3.63) is 0 Å². The first-order valence-corrected chi connectivity index (χ1v) is 7.55. The first kappa shape index (κ1) is 15.3. The van der Waals surface area contributed by atoms with Crippen LogP contribution in [0.5, 0.6) is 0 Å². The number of hydrogen-bond donors (Lipinski definition) is 3. The van der Waals surface area contributed by atoms with E-state index < -0.39 is 5.97 Å². The standard InChI is InChI=1S/C15H26N2O3/c1-15(2,3)16-7-6-11(18)17-13-10-5-4-9(8-10)12(13)14(19)20/h9-10,12-13,16H,4-8H2,1-3H3,(H,17,18)(H,19,20). The molecule has 4 atom stereocenters. The van der Waals surface area contributed by atoms with Crippen LogP contribution in [0.15, 0.2) is 0 Å². The van der Waals surface area contributed by atoms with Gasteiger partial charge in [0.15, 0.2) is 0 Å². The molecule has 2 aliphatic carbocycles. The Morgan fingerprint density at radius 1 is 1.20 bits per heavy atom. The van der Waals surface area contributed by atoms with E-state index in [1.165, 1.54) is 0 Å². The molecule has 2 saturated carbocycles. The van der Waals surface area contributed by atoms with E-state index in [1.54, 1.807) is 0 Å². The first-order chi connectivity index (χ1) is 9.28. The highest BCUT2D eigenvalue weighted by Gasteiger charge is 2.51. The summed E-state index contributed by atoms with van der Waals surface area (Å²) in [6, 6.07) is -0.159. The maximum Gasteiger partial charge on any atom is 0.308 e. The zero-order chi connectivity index (χ0) is 14.9. The van der Waals surface area contributed by atoms with Crippen LogP contribution >= 0.6 is 0 Å². The lowest BCUT2D eigenvalue weighted by molar-refractivity contribution is -0.144. The van der Waals surface area contributed by atoms with Gasteiger partial charge in [0.05, 0.1) is 5.92 Å². The van der Waals surface area contributed by atoms with Crippen molar-refractivity contribution in [3.63, 3.8) is 0 Å². The maximum atomic E-state index is 12.0. The molecular formula is C15H26N2O3. The second-order valence-electron chi connectivity index (χ2n) is 7.22. The molecule has 5 nitrogen and oxygen atoms in total. The van der Waals surface area contributed by atoms with Gasteiger partial charge in [0.25, 0.3) is 0 Å². The Bertz CT molecular complexity index is 389.